The first-order valence-corrected chi connectivity index (χ1v) is 16.7. The molecule has 6 rings (SSSR count). The molecule has 0 unspecified atom stereocenters. The molecule has 240 valence electrons. The normalized spacial score (nSPS) is 11.9. The van der Waals surface area contributed by atoms with Crippen LogP contribution in [0.5, 0.6) is 0 Å². The largest absolute Gasteiger partial charge is 1.00 e. The van der Waals surface area contributed by atoms with Crippen molar-refractivity contribution in [3.05, 3.63) is 111 Å². The van der Waals surface area contributed by atoms with Gasteiger partial charge in [0.25, 0.3) is 5.56 Å². The molecule has 20 heteroatoms. The van der Waals surface area contributed by atoms with Crippen molar-refractivity contribution in [3.63, 3.8) is 0 Å². The summed E-state index contributed by atoms with van der Waals surface area (Å²) in [5.41, 5.74) is -0.788. The summed E-state index contributed by atoms with van der Waals surface area (Å²) >= 11 is 0.538. The van der Waals surface area contributed by atoms with E-state index in [9.17, 15) is 45.6 Å². The summed E-state index contributed by atoms with van der Waals surface area (Å²) < 4.78 is 76.6. The fraction of sp³-hybridized carbons (Fsp3) is 0.0333. The molecule has 5 aromatic rings. The van der Waals surface area contributed by atoms with Gasteiger partial charge in [-0.15, -0.1) is 0 Å². The van der Waals surface area contributed by atoms with Gasteiger partial charge in [-0.05, 0) is 48.0 Å². The van der Waals surface area contributed by atoms with Crippen molar-refractivity contribution in [2.24, 2.45) is 7.05 Å². The summed E-state index contributed by atoms with van der Waals surface area (Å²) in [5, 5.41) is 16.5. The maximum absolute atomic E-state index is 14.1. The van der Waals surface area contributed by atoms with Gasteiger partial charge in [0.2, 0.25) is 0 Å². The molecule has 4 aromatic carbocycles. The zero-order valence-electron chi connectivity index (χ0n) is 26.6. The Hall–Kier alpha value is -1.72. The fourth-order valence-electron chi connectivity index (χ4n) is 5.49. The third kappa shape index (κ3) is 7.95. The predicted octanol–water partition coefficient (Wildman–Crippen LogP) is -6.22. The van der Waals surface area contributed by atoms with Crippen LogP contribution in [0.3, 0.4) is 0 Å². The molecule has 0 saturated carbocycles. The van der Waals surface area contributed by atoms with Gasteiger partial charge in [-0.25, -0.2) is 16.8 Å². The molecule has 1 heterocycles. The van der Waals surface area contributed by atoms with E-state index < -0.39 is 52.8 Å². The van der Waals surface area contributed by atoms with Crippen molar-refractivity contribution >= 4 is 66.1 Å². The van der Waals surface area contributed by atoms with Crippen molar-refractivity contribution in [1.29, 1.82) is 0 Å². The van der Waals surface area contributed by atoms with Gasteiger partial charge in [-0.2, -0.15) is 4.33 Å². The summed E-state index contributed by atoms with van der Waals surface area (Å²) in [6, 6.07) is 17.0. The first kappa shape index (κ1) is 42.7. The number of carbonyl (C=O) groups is 2. The van der Waals surface area contributed by atoms with Crippen LogP contribution in [0, 0.1) is 0 Å². The predicted molar refractivity (Wildman–Crippen MR) is 162 cm³/mol. The average molecular weight is 763 g/mol. The first-order valence-electron chi connectivity index (χ1n) is 13.2. The summed E-state index contributed by atoms with van der Waals surface area (Å²) in [6.07, 6.45) is 0. The van der Waals surface area contributed by atoms with Crippen molar-refractivity contribution in [2.45, 2.75) is 14.7 Å². The second-order valence-corrected chi connectivity index (χ2v) is 13.6. The van der Waals surface area contributed by atoms with Crippen LogP contribution < -0.4 is 105 Å². The third-order valence-corrected chi connectivity index (χ3v) is 9.77. The fourth-order valence-corrected chi connectivity index (χ4v) is 7.13. The molecular formula is C30H17N2Na3O12S3. The monoisotopic (exact) mass is 762 g/mol. The van der Waals surface area contributed by atoms with Gasteiger partial charge in [0.15, 0.2) is 11.6 Å². The molecule has 0 atom stereocenters. The van der Waals surface area contributed by atoms with Crippen LogP contribution in [0.15, 0.2) is 98.3 Å². The van der Waals surface area contributed by atoms with Gasteiger partial charge in [-0.1, -0.05) is 36.4 Å². The zero-order valence-corrected chi connectivity index (χ0v) is 35.0. The number of nitrogens with one attached hydrogen (secondary N) is 1. The summed E-state index contributed by atoms with van der Waals surface area (Å²) in [5.74, 6) is -1.30. The smallest absolute Gasteiger partial charge is 0.744 e. The number of aromatic nitrogens is 1. The minimum absolute atomic E-state index is 0. The molecule has 0 fully saturated rings. The number of carbonyl (C=O) groups excluding carboxylic acids is 2. The SMILES string of the molecule is Cn1c(=O)c(C(=O)c2cccc(SOO[O-])c2)c2c3c(c(Nc4ccc(S(=O)(=O)[O-])cc4S(=O)(=O)[O-])ccc31)C(=O)c1ccccc1-2.[Na+].[Na+].[Na+]. The number of rotatable bonds is 9. The quantitative estimate of drug-likeness (QED) is 0.0362. The van der Waals surface area contributed by atoms with E-state index >= 15 is 0 Å². The van der Waals surface area contributed by atoms with Gasteiger partial charge in [0.05, 0.1) is 49.9 Å². The standard InChI is InChI=1S/C30H20N2O12S3.3Na/c1-32-22-12-11-21(31-20-10-9-17(46(37,38)39)14-23(20)47(40,41)42)25-26(22)24(18-7-2-3-8-19(18)29(25)34)27(30(32)35)28(33)15-5-4-6-16(13-15)45-44-43-36;;;/h2-14,31,36H,1H3,(H,37,38,39)(H,40,41,42);;;/q;3*+1/p-3. The Kier molecular flexibility index (Phi) is 14.1. The number of benzene rings is 4. The molecule has 0 spiro atoms. The van der Waals surface area contributed by atoms with Crippen LogP contribution in [0.2, 0.25) is 0 Å². The Bertz CT molecular complexity index is 2470. The molecule has 1 aliphatic rings. The average Bonchev–Trinajstić information content (AvgIpc) is 3.03. The van der Waals surface area contributed by atoms with Gasteiger partial charge in [0.1, 0.15) is 20.2 Å². The number of pyridine rings is 1. The van der Waals surface area contributed by atoms with Crippen molar-refractivity contribution in [1.82, 2.24) is 4.57 Å². The number of hydrogen-bond donors (Lipinski definition) is 1. The number of hydrogen-bond acceptors (Lipinski definition) is 14. The summed E-state index contributed by atoms with van der Waals surface area (Å²) in [6.45, 7) is 0. The van der Waals surface area contributed by atoms with Gasteiger partial charge in [-0.3, -0.25) is 19.4 Å². The van der Waals surface area contributed by atoms with E-state index in [-0.39, 0.29) is 139 Å². The molecule has 0 bridgehead atoms. The second-order valence-electron chi connectivity index (χ2n) is 10.1. The number of anilines is 2. The minimum atomic E-state index is -5.35. The Morgan fingerprint density at radius 3 is 2.10 bits per heavy atom. The van der Waals surface area contributed by atoms with E-state index in [0.29, 0.717) is 23.0 Å². The Labute approximate surface area is 355 Å². The van der Waals surface area contributed by atoms with Crippen molar-refractivity contribution in [3.8, 4) is 11.1 Å². The molecule has 1 N–H and O–H groups in total. The van der Waals surface area contributed by atoms with Crippen LogP contribution in [0.1, 0.15) is 31.8 Å². The molecule has 1 aliphatic carbocycles. The molecular weight excluding hydrogens is 746 g/mol. The second kappa shape index (κ2) is 16.5. The van der Waals surface area contributed by atoms with E-state index in [2.05, 4.69) is 14.7 Å². The minimum Gasteiger partial charge on any atom is -0.744 e. The molecule has 0 aliphatic heterocycles. The molecule has 0 radical (unpaired) electrons. The van der Waals surface area contributed by atoms with Crippen LogP contribution in [-0.2, 0) is 36.7 Å². The Balaban J connectivity index is 0.00000225. The van der Waals surface area contributed by atoms with Crippen molar-refractivity contribution in [2.75, 3.05) is 5.32 Å². The number of nitrogens with zero attached hydrogens (tertiary/aromatic N) is 1. The molecule has 1 aromatic heterocycles. The summed E-state index contributed by atoms with van der Waals surface area (Å²) in [4.78, 5) is 40.4. The van der Waals surface area contributed by atoms with Gasteiger partial charge < -0.3 is 24.2 Å². The number of fused-ring (bicyclic) bond motifs is 2. The molecule has 0 amide bonds. The van der Waals surface area contributed by atoms with E-state index in [0.717, 1.165) is 12.1 Å². The molecule has 50 heavy (non-hydrogen) atoms. The zero-order chi connectivity index (χ0) is 33.8. The van der Waals surface area contributed by atoms with E-state index in [1.54, 1.807) is 18.2 Å². The summed E-state index contributed by atoms with van der Waals surface area (Å²) in [7, 11) is -9.09. The number of ketones is 2. The Morgan fingerprint density at radius 1 is 0.800 bits per heavy atom. The molecule has 0 saturated heterocycles. The molecule has 14 nitrogen and oxygen atoms in total. The Morgan fingerprint density at radius 2 is 1.46 bits per heavy atom. The van der Waals surface area contributed by atoms with Crippen LogP contribution in [0.4, 0.5) is 11.4 Å². The van der Waals surface area contributed by atoms with E-state index in [1.165, 1.54) is 54.1 Å². The maximum Gasteiger partial charge on any atom is 1.00 e. The van der Waals surface area contributed by atoms with Crippen LogP contribution in [-0.4, -0.2) is 42.1 Å². The first-order chi connectivity index (χ1) is 22.2. The topological polar surface area (TPSA) is 224 Å². The van der Waals surface area contributed by atoms with Crippen LogP contribution >= 0.6 is 12.0 Å². The van der Waals surface area contributed by atoms with E-state index in [1.807, 2.05) is 0 Å². The van der Waals surface area contributed by atoms with E-state index in [4.69, 9.17) is 0 Å². The van der Waals surface area contributed by atoms with Crippen molar-refractivity contribution < 1.29 is 139 Å². The van der Waals surface area contributed by atoms with Crippen LogP contribution in [0.25, 0.3) is 22.0 Å². The van der Waals surface area contributed by atoms with Gasteiger partial charge >= 0.3 is 88.7 Å². The maximum atomic E-state index is 14.1. The number of aryl methyl sites for hydroxylation is 1. The third-order valence-electron chi connectivity index (χ3n) is 7.49. The van der Waals surface area contributed by atoms with Gasteiger partial charge in [0, 0.05) is 34.0 Å².